The molecule has 8 heteroatoms. The summed E-state index contributed by atoms with van der Waals surface area (Å²) in [5, 5.41) is 0. The smallest absolute Gasteiger partial charge is 0.270 e. The highest BCUT2D eigenvalue weighted by molar-refractivity contribution is 7.89. The van der Waals surface area contributed by atoms with Crippen molar-refractivity contribution in [3.8, 4) is 0 Å². The summed E-state index contributed by atoms with van der Waals surface area (Å²) in [5.41, 5.74) is 6.22. The number of aromatic amines is 1. The molecule has 1 aromatic rings. The normalized spacial score (nSPS) is 20.3. The Labute approximate surface area is 130 Å². The van der Waals surface area contributed by atoms with Crippen molar-refractivity contribution >= 4 is 15.9 Å². The van der Waals surface area contributed by atoms with Gasteiger partial charge in [-0.05, 0) is 37.7 Å². The third kappa shape index (κ3) is 3.34. The predicted octanol–water partition coefficient (Wildman–Crippen LogP) is 0.266. The van der Waals surface area contributed by atoms with E-state index < -0.39 is 10.0 Å². The molecule has 0 bridgehead atoms. The summed E-state index contributed by atoms with van der Waals surface area (Å²) in [6.45, 7) is 1.69. The number of amides is 1. The third-order valence-electron chi connectivity index (χ3n) is 4.33. The second-order valence-corrected chi connectivity index (χ2v) is 7.87. The van der Waals surface area contributed by atoms with Gasteiger partial charge < -0.3 is 15.6 Å². The second kappa shape index (κ2) is 6.02. The molecular weight excluding hydrogens is 304 g/mol. The maximum absolute atomic E-state index is 12.2. The lowest BCUT2D eigenvalue weighted by Gasteiger charge is -2.13. The average molecular weight is 326 g/mol. The van der Waals surface area contributed by atoms with E-state index in [2.05, 4.69) is 9.71 Å². The highest BCUT2D eigenvalue weighted by atomic mass is 32.2. The van der Waals surface area contributed by atoms with Crippen LogP contribution in [0.4, 0.5) is 0 Å². The van der Waals surface area contributed by atoms with Crippen molar-refractivity contribution in [2.24, 2.45) is 11.7 Å². The summed E-state index contributed by atoms with van der Waals surface area (Å²) < 4.78 is 27.0. The molecule has 1 saturated heterocycles. The first kappa shape index (κ1) is 15.5. The molecule has 7 nitrogen and oxygen atoms in total. The molecule has 1 saturated carbocycles. The largest absolute Gasteiger partial charge is 0.356 e. The Morgan fingerprint density at radius 2 is 2.09 bits per heavy atom. The number of sulfonamides is 1. The van der Waals surface area contributed by atoms with Crippen LogP contribution in [0.1, 0.15) is 36.2 Å². The molecule has 0 aromatic carbocycles. The van der Waals surface area contributed by atoms with Crippen LogP contribution in [0.25, 0.3) is 0 Å². The van der Waals surface area contributed by atoms with Crippen LogP contribution in [0.5, 0.6) is 0 Å². The molecule has 1 aliphatic heterocycles. The van der Waals surface area contributed by atoms with Gasteiger partial charge in [0.05, 0.1) is 0 Å². The Morgan fingerprint density at radius 3 is 2.73 bits per heavy atom. The number of nitrogens with zero attached hydrogens (tertiary/aromatic N) is 1. The number of nitrogens with one attached hydrogen (secondary N) is 2. The molecule has 22 heavy (non-hydrogen) atoms. The van der Waals surface area contributed by atoms with E-state index in [1.165, 1.54) is 12.3 Å². The molecular formula is C14H22N4O3S. The van der Waals surface area contributed by atoms with Crippen LogP contribution in [0.3, 0.4) is 0 Å². The third-order valence-corrected chi connectivity index (χ3v) is 5.73. The van der Waals surface area contributed by atoms with Gasteiger partial charge in [-0.15, -0.1) is 0 Å². The number of aromatic nitrogens is 1. The Morgan fingerprint density at radius 1 is 1.41 bits per heavy atom. The van der Waals surface area contributed by atoms with Gasteiger partial charge in [-0.3, -0.25) is 4.79 Å². The molecule has 0 radical (unpaired) electrons. The van der Waals surface area contributed by atoms with E-state index in [1.54, 1.807) is 4.90 Å². The van der Waals surface area contributed by atoms with Crippen molar-refractivity contribution in [2.75, 3.05) is 19.6 Å². The molecule has 122 valence electrons. The molecule has 0 spiro atoms. The van der Waals surface area contributed by atoms with Crippen molar-refractivity contribution in [3.05, 3.63) is 18.0 Å². The lowest BCUT2D eigenvalue weighted by molar-refractivity contribution is 0.0787. The average Bonchev–Trinajstić information content (AvgIpc) is 3.02. The monoisotopic (exact) mass is 326 g/mol. The molecule has 4 N–H and O–H groups in total. The number of nitrogens with two attached hydrogens (primary N) is 1. The molecule has 2 aliphatic rings. The first-order valence-corrected chi connectivity index (χ1v) is 9.18. The zero-order valence-corrected chi connectivity index (χ0v) is 13.2. The number of rotatable bonds is 6. The summed E-state index contributed by atoms with van der Waals surface area (Å²) in [6.07, 6.45) is 5.49. The van der Waals surface area contributed by atoms with Crippen molar-refractivity contribution < 1.29 is 13.2 Å². The number of hydrogen-bond donors (Lipinski definition) is 3. The minimum atomic E-state index is -3.63. The molecule has 2 heterocycles. The SMILES string of the molecule is NC(CNS(=O)(=O)c1c[nH]c(C(=O)N2CCCC2)c1)C1CC1. The summed E-state index contributed by atoms with van der Waals surface area (Å²) in [7, 11) is -3.63. The van der Waals surface area contributed by atoms with E-state index in [4.69, 9.17) is 5.73 Å². The lowest BCUT2D eigenvalue weighted by atomic mass is 10.2. The van der Waals surface area contributed by atoms with Crippen LogP contribution in [0, 0.1) is 5.92 Å². The second-order valence-electron chi connectivity index (χ2n) is 6.10. The van der Waals surface area contributed by atoms with E-state index in [0.29, 0.717) is 11.6 Å². The van der Waals surface area contributed by atoms with Crippen molar-refractivity contribution in [1.82, 2.24) is 14.6 Å². The maximum atomic E-state index is 12.2. The van der Waals surface area contributed by atoms with Crippen molar-refractivity contribution in [2.45, 2.75) is 36.6 Å². The molecule has 1 amide bonds. The van der Waals surface area contributed by atoms with Gasteiger partial charge >= 0.3 is 0 Å². The van der Waals surface area contributed by atoms with Gasteiger partial charge in [0.25, 0.3) is 5.91 Å². The van der Waals surface area contributed by atoms with Crippen LogP contribution < -0.4 is 10.5 Å². The van der Waals surface area contributed by atoms with Gasteiger partial charge in [-0.1, -0.05) is 0 Å². The van der Waals surface area contributed by atoms with Crippen LogP contribution in [-0.4, -0.2) is 49.9 Å². The van der Waals surface area contributed by atoms with Gasteiger partial charge in [0.15, 0.2) is 0 Å². The Hall–Kier alpha value is -1.38. The molecule has 1 aromatic heterocycles. The molecule has 1 aliphatic carbocycles. The molecule has 3 rings (SSSR count). The van der Waals surface area contributed by atoms with Crippen molar-refractivity contribution in [1.29, 1.82) is 0 Å². The van der Waals surface area contributed by atoms with Crippen LogP contribution >= 0.6 is 0 Å². The van der Waals surface area contributed by atoms with E-state index in [9.17, 15) is 13.2 Å². The zero-order valence-electron chi connectivity index (χ0n) is 12.4. The number of hydrogen-bond acceptors (Lipinski definition) is 4. The quantitative estimate of drug-likeness (QED) is 0.697. The van der Waals surface area contributed by atoms with Gasteiger partial charge in [-0.2, -0.15) is 0 Å². The fourth-order valence-corrected chi connectivity index (χ4v) is 3.79. The molecule has 2 fully saturated rings. The first-order chi connectivity index (χ1) is 10.5. The van der Waals surface area contributed by atoms with E-state index in [0.717, 1.165) is 38.8 Å². The fraction of sp³-hybridized carbons (Fsp3) is 0.643. The van der Waals surface area contributed by atoms with E-state index >= 15 is 0 Å². The van der Waals surface area contributed by atoms with Crippen LogP contribution in [0.2, 0.25) is 0 Å². The predicted molar refractivity (Wildman–Crippen MR) is 81.8 cm³/mol. The maximum Gasteiger partial charge on any atom is 0.270 e. The Kier molecular flexibility index (Phi) is 4.24. The minimum Gasteiger partial charge on any atom is -0.356 e. The van der Waals surface area contributed by atoms with Gasteiger partial charge in [-0.25, -0.2) is 13.1 Å². The summed E-state index contributed by atoms with van der Waals surface area (Å²) in [6, 6.07) is 1.26. The van der Waals surface area contributed by atoms with Crippen LogP contribution in [-0.2, 0) is 10.0 Å². The number of likely N-dealkylation sites (tertiary alicyclic amines) is 1. The first-order valence-electron chi connectivity index (χ1n) is 7.70. The summed E-state index contributed by atoms with van der Waals surface area (Å²) >= 11 is 0. The van der Waals surface area contributed by atoms with E-state index in [1.807, 2.05) is 0 Å². The minimum absolute atomic E-state index is 0.0815. The Balaban J connectivity index is 1.64. The fourth-order valence-electron chi connectivity index (χ4n) is 2.72. The standard InChI is InChI=1S/C14H22N4O3S/c15-12(10-3-4-10)9-17-22(20,21)11-7-13(16-8-11)14(19)18-5-1-2-6-18/h7-8,10,12,16-17H,1-6,9,15H2. The van der Waals surface area contributed by atoms with Gasteiger partial charge in [0.2, 0.25) is 10.0 Å². The summed E-state index contributed by atoms with van der Waals surface area (Å²) in [5.74, 6) is 0.287. The van der Waals surface area contributed by atoms with Crippen molar-refractivity contribution in [3.63, 3.8) is 0 Å². The molecule has 1 unspecified atom stereocenters. The van der Waals surface area contributed by atoms with Gasteiger partial charge in [0, 0.05) is 31.9 Å². The van der Waals surface area contributed by atoms with Gasteiger partial charge in [0.1, 0.15) is 10.6 Å². The lowest BCUT2D eigenvalue weighted by Crippen LogP contribution is -2.38. The number of H-pyrrole nitrogens is 1. The molecule has 1 atom stereocenters. The highest BCUT2D eigenvalue weighted by Gasteiger charge is 2.30. The number of carbonyl (C=O) groups is 1. The topological polar surface area (TPSA) is 108 Å². The Bertz CT molecular complexity index is 645. The number of carbonyl (C=O) groups excluding carboxylic acids is 1. The zero-order chi connectivity index (χ0) is 15.7. The highest BCUT2D eigenvalue weighted by Crippen LogP contribution is 2.31. The van der Waals surface area contributed by atoms with E-state index in [-0.39, 0.29) is 23.4 Å². The van der Waals surface area contributed by atoms with Crippen LogP contribution in [0.15, 0.2) is 17.2 Å². The summed E-state index contributed by atoms with van der Waals surface area (Å²) in [4.78, 5) is 16.8.